The average Bonchev–Trinajstić information content (AvgIpc) is 2.68. The van der Waals surface area contributed by atoms with Crippen LogP contribution in [0.25, 0.3) is 10.9 Å². The van der Waals surface area contributed by atoms with Gasteiger partial charge in [0.25, 0.3) is 5.56 Å². The molecule has 0 unspecified atom stereocenters. The summed E-state index contributed by atoms with van der Waals surface area (Å²) in [7, 11) is 0. The molecule has 7 nitrogen and oxygen atoms in total. The van der Waals surface area contributed by atoms with Gasteiger partial charge < -0.3 is 10.6 Å². The zero-order chi connectivity index (χ0) is 21.0. The van der Waals surface area contributed by atoms with Crippen LogP contribution >= 0.6 is 0 Å². The summed E-state index contributed by atoms with van der Waals surface area (Å²) in [5, 5.41) is 5.53. The second-order valence-electron chi connectivity index (χ2n) is 6.24. The minimum atomic E-state index is -4.53. The van der Waals surface area contributed by atoms with Crippen molar-refractivity contribution >= 4 is 22.6 Å². The summed E-state index contributed by atoms with van der Waals surface area (Å²) in [5.41, 5.74) is -0.660. The number of fused-ring (bicyclic) bond motifs is 1. The smallest absolute Gasteiger partial charge is 0.368 e. The molecule has 0 aliphatic carbocycles. The van der Waals surface area contributed by atoms with E-state index in [-0.39, 0.29) is 31.0 Å². The van der Waals surface area contributed by atoms with Crippen molar-refractivity contribution in [2.24, 2.45) is 0 Å². The molecule has 3 rings (SSSR count). The highest BCUT2D eigenvalue weighted by atomic mass is 19.4. The number of benzene rings is 1. The van der Waals surface area contributed by atoms with E-state index in [1.165, 1.54) is 16.8 Å². The number of aryl methyl sites for hydroxylation is 1. The quantitative estimate of drug-likeness (QED) is 0.615. The van der Waals surface area contributed by atoms with Crippen molar-refractivity contribution in [1.29, 1.82) is 0 Å². The van der Waals surface area contributed by atoms with E-state index in [4.69, 9.17) is 0 Å². The second kappa shape index (κ2) is 8.29. The van der Waals surface area contributed by atoms with Gasteiger partial charge in [-0.3, -0.25) is 14.2 Å². The summed E-state index contributed by atoms with van der Waals surface area (Å²) in [6.45, 7) is 1.49. The lowest BCUT2D eigenvalue weighted by molar-refractivity contribution is -0.137. The Morgan fingerprint density at radius 3 is 2.66 bits per heavy atom. The molecule has 10 heteroatoms. The molecule has 0 radical (unpaired) electrons. The molecule has 0 atom stereocenters. The maximum atomic E-state index is 12.9. The van der Waals surface area contributed by atoms with Crippen molar-refractivity contribution in [3.8, 4) is 0 Å². The molecule has 152 valence electrons. The third-order valence-electron chi connectivity index (χ3n) is 4.21. The molecule has 1 amide bonds. The van der Waals surface area contributed by atoms with Crippen molar-refractivity contribution in [2.75, 3.05) is 18.4 Å². The molecular formula is C19H18F3N5O2. The number of rotatable bonds is 6. The van der Waals surface area contributed by atoms with Crippen molar-refractivity contribution in [2.45, 2.75) is 19.6 Å². The van der Waals surface area contributed by atoms with E-state index in [0.717, 1.165) is 6.07 Å². The highest BCUT2D eigenvalue weighted by molar-refractivity contribution is 5.79. The molecule has 0 aliphatic rings. The fourth-order valence-corrected chi connectivity index (χ4v) is 2.82. The van der Waals surface area contributed by atoms with E-state index in [1.54, 1.807) is 31.2 Å². The molecule has 1 aromatic carbocycles. The predicted octanol–water partition coefficient (Wildman–Crippen LogP) is 2.35. The summed E-state index contributed by atoms with van der Waals surface area (Å²) >= 11 is 0. The van der Waals surface area contributed by atoms with Crippen LogP contribution in [-0.4, -0.2) is 33.5 Å². The van der Waals surface area contributed by atoms with Crippen molar-refractivity contribution < 1.29 is 18.0 Å². The van der Waals surface area contributed by atoms with E-state index in [1.807, 2.05) is 0 Å². The van der Waals surface area contributed by atoms with Crippen molar-refractivity contribution in [1.82, 2.24) is 19.9 Å². The normalized spacial score (nSPS) is 11.4. The zero-order valence-electron chi connectivity index (χ0n) is 15.5. The van der Waals surface area contributed by atoms with Crippen LogP contribution in [0.1, 0.15) is 11.4 Å². The van der Waals surface area contributed by atoms with Gasteiger partial charge in [-0.2, -0.15) is 13.2 Å². The number of carbonyl (C=O) groups is 1. The van der Waals surface area contributed by atoms with E-state index < -0.39 is 17.6 Å². The first-order valence-corrected chi connectivity index (χ1v) is 8.76. The summed E-state index contributed by atoms with van der Waals surface area (Å²) in [6, 6.07) is 8.96. The Labute approximate surface area is 163 Å². The third kappa shape index (κ3) is 4.71. The molecule has 0 aliphatic heterocycles. The first-order valence-electron chi connectivity index (χ1n) is 8.76. The Morgan fingerprint density at radius 2 is 1.90 bits per heavy atom. The SMILES string of the molecule is Cc1nc2ccccc2c(=O)n1CC(=O)NCCNc1ncccc1C(F)(F)F. The molecule has 3 aromatic rings. The highest BCUT2D eigenvalue weighted by Gasteiger charge is 2.33. The Morgan fingerprint density at radius 1 is 1.14 bits per heavy atom. The summed E-state index contributed by atoms with van der Waals surface area (Å²) < 4.78 is 40.0. The Hall–Kier alpha value is -3.43. The van der Waals surface area contributed by atoms with E-state index in [2.05, 4.69) is 20.6 Å². The third-order valence-corrected chi connectivity index (χ3v) is 4.21. The van der Waals surface area contributed by atoms with Gasteiger partial charge in [0.1, 0.15) is 18.2 Å². The number of nitrogens with zero attached hydrogens (tertiary/aromatic N) is 3. The summed E-state index contributed by atoms with van der Waals surface area (Å²) in [4.78, 5) is 32.7. The van der Waals surface area contributed by atoms with Gasteiger partial charge in [0.15, 0.2) is 0 Å². The van der Waals surface area contributed by atoms with Crippen LogP contribution < -0.4 is 16.2 Å². The highest BCUT2D eigenvalue weighted by Crippen LogP contribution is 2.33. The fourth-order valence-electron chi connectivity index (χ4n) is 2.82. The van der Waals surface area contributed by atoms with Gasteiger partial charge in [0, 0.05) is 19.3 Å². The van der Waals surface area contributed by atoms with Crippen LogP contribution in [0.15, 0.2) is 47.4 Å². The van der Waals surface area contributed by atoms with Crippen LogP contribution in [-0.2, 0) is 17.5 Å². The summed E-state index contributed by atoms with van der Waals surface area (Å²) in [5.74, 6) is -0.364. The van der Waals surface area contributed by atoms with Gasteiger partial charge in [-0.15, -0.1) is 0 Å². The van der Waals surface area contributed by atoms with Crippen LogP contribution in [0.2, 0.25) is 0 Å². The molecule has 0 bridgehead atoms. The van der Waals surface area contributed by atoms with Gasteiger partial charge >= 0.3 is 6.18 Å². The number of halogens is 3. The van der Waals surface area contributed by atoms with Gasteiger partial charge in [-0.1, -0.05) is 12.1 Å². The molecular weight excluding hydrogens is 387 g/mol. The Bertz CT molecular complexity index is 1100. The zero-order valence-corrected chi connectivity index (χ0v) is 15.5. The van der Waals surface area contributed by atoms with E-state index in [0.29, 0.717) is 16.7 Å². The average molecular weight is 405 g/mol. The Kier molecular flexibility index (Phi) is 5.81. The first-order chi connectivity index (χ1) is 13.8. The minimum Gasteiger partial charge on any atom is -0.368 e. The molecule has 0 saturated carbocycles. The van der Waals surface area contributed by atoms with Crippen LogP contribution in [0.5, 0.6) is 0 Å². The second-order valence-corrected chi connectivity index (χ2v) is 6.24. The predicted molar refractivity (Wildman–Crippen MR) is 101 cm³/mol. The van der Waals surface area contributed by atoms with E-state index in [9.17, 15) is 22.8 Å². The number of amides is 1. The molecule has 2 N–H and O–H groups in total. The lowest BCUT2D eigenvalue weighted by atomic mass is 10.2. The standard InChI is InChI=1S/C19H18F3N5O2/c1-12-26-15-7-3-2-5-13(15)18(29)27(12)11-16(28)23-9-10-25-17-14(19(20,21)22)6-4-8-24-17/h2-8H,9-11H2,1H3,(H,23,28)(H,24,25). The monoisotopic (exact) mass is 405 g/mol. The fraction of sp³-hybridized carbons (Fsp3) is 0.263. The van der Waals surface area contributed by atoms with Gasteiger partial charge in [-0.25, -0.2) is 9.97 Å². The van der Waals surface area contributed by atoms with Crippen LogP contribution in [0.4, 0.5) is 19.0 Å². The number of nitrogens with one attached hydrogen (secondary N) is 2. The lowest BCUT2D eigenvalue weighted by Gasteiger charge is -2.14. The maximum Gasteiger partial charge on any atom is 0.419 e. The van der Waals surface area contributed by atoms with Gasteiger partial charge in [0.05, 0.1) is 16.5 Å². The van der Waals surface area contributed by atoms with Crippen molar-refractivity contribution in [3.05, 3.63) is 64.3 Å². The molecule has 0 fully saturated rings. The maximum absolute atomic E-state index is 12.9. The summed E-state index contributed by atoms with van der Waals surface area (Å²) in [6.07, 6.45) is -3.28. The van der Waals surface area contributed by atoms with E-state index >= 15 is 0 Å². The number of carbonyl (C=O) groups excluding carboxylic acids is 1. The molecule has 0 spiro atoms. The number of anilines is 1. The number of hydrogen-bond acceptors (Lipinski definition) is 5. The number of hydrogen-bond donors (Lipinski definition) is 2. The molecule has 2 aromatic heterocycles. The van der Waals surface area contributed by atoms with Crippen LogP contribution in [0.3, 0.4) is 0 Å². The van der Waals surface area contributed by atoms with Gasteiger partial charge in [0.2, 0.25) is 5.91 Å². The number of aromatic nitrogens is 3. The Balaban J connectivity index is 1.59. The molecule has 29 heavy (non-hydrogen) atoms. The van der Waals surface area contributed by atoms with Gasteiger partial charge in [-0.05, 0) is 31.2 Å². The molecule has 0 saturated heterocycles. The van der Waals surface area contributed by atoms with Crippen LogP contribution in [0, 0.1) is 6.92 Å². The van der Waals surface area contributed by atoms with Crippen molar-refractivity contribution in [3.63, 3.8) is 0 Å². The minimum absolute atomic E-state index is 0.0374. The lowest BCUT2D eigenvalue weighted by Crippen LogP contribution is -2.36. The number of para-hydroxylation sites is 1. The molecule has 2 heterocycles. The number of pyridine rings is 1. The topological polar surface area (TPSA) is 88.9 Å². The number of alkyl halides is 3. The largest absolute Gasteiger partial charge is 0.419 e. The first kappa shape index (κ1) is 20.3.